The zero-order valence-corrected chi connectivity index (χ0v) is 7.78. The fourth-order valence-corrected chi connectivity index (χ4v) is 1.05. The van der Waals surface area contributed by atoms with E-state index < -0.39 is 0 Å². The monoisotopic (exact) mass is 144 g/mol. The number of rotatable bonds is 3. The van der Waals surface area contributed by atoms with Gasteiger partial charge in [-0.15, -0.1) is 0 Å². The third-order valence-corrected chi connectivity index (χ3v) is 1.80. The summed E-state index contributed by atoms with van der Waals surface area (Å²) in [6.45, 7) is 7.75. The maximum absolute atomic E-state index is 3.28. The summed E-state index contributed by atoms with van der Waals surface area (Å²) in [5.41, 5.74) is 0.345. The molecule has 0 heterocycles. The summed E-state index contributed by atoms with van der Waals surface area (Å²) in [6, 6.07) is 0.553. The molecule has 62 valence electrons. The normalized spacial score (nSPS) is 15.3. The molecule has 0 saturated carbocycles. The van der Waals surface area contributed by atoms with Crippen molar-refractivity contribution < 1.29 is 0 Å². The highest BCUT2D eigenvalue weighted by molar-refractivity contribution is 4.80. The summed E-state index contributed by atoms with van der Waals surface area (Å²) in [7, 11) is 3.99. The molecule has 0 aliphatic heterocycles. The highest BCUT2D eigenvalue weighted by Crippen LogP contribution is 2.17. The van der Waals surface area contributed by atoms with E-state index in [-0.39, 0.29) is 0 Å². The molecule has 0 spiro atoms. The van der Waals surface area contributed by atoms with Crippen LogP contribution in [-0.2, 0) is 0 Å². The molecule has 0 aromatic carbocycles. The Kier molecular flexibility index (Phi) is 3.91. The van der Waals surface area contributed by atoms with Crippen molar-refractivity contribution in [2.75, 3.05) is 20.6 Å². The van der Waals surface area contributed by atoms with Gasteiger partial charge in [-0.3, -0.25) is 0 Å². The van der Waals surface area contributed by atoms with Crippen LogP contribution < -0.4 is 10.6 Å². The van der Waals surface area contributed by atoms with Gasteiger partial charge in [0, 0.05) is 12.6 Å². The second kappa shape index (κ2) is 3.94. The Bertz CT molecular complexity index is 83.7. The summed E-state index contributed by atoms with van der Waals surface area (Å²) in [6.07, 6.45) is 0. The van der Waals surface area contributed by atoms with Crippen LogP contribution in [0.3, 0.4) is 0 Å². The lowest BCUT2D eigenvalue weighted by molar-refractivity contribution is 0.277. The van der Waals surface area contributed by atoms with Crippen molar-refractivity contribution in [3.05, 3.63) is 0 Å². The molecular formula is C8H20N2. The highest BCUT2D eigenvalue weighted by atomic mass is 15.0. The standard InChI is InChI=1S/C8H20N2/c1-8(2,3)7(10-5)6-9-4/h7,9-10H,6H2,1-5H3. The van der Waals surface area contributed by atoms with E-state index in [0.717, 1.165) is 6.54 Å². The minimum Gasteiger partial charge on any atom is -0.318 e. The number of hydrogen-bond donors (Lipinski definition) is 2. The molecule has 10 heavy (non-hydrogen) atoms. The van der Waals surface area contributed by atoms with Gasteiger partial charge in [-0.1, -0.05) is 20.8 Å². The minimum absolute atomic E-state index is 0.345. The Labute approximate surface area is 64.4 Å². The zero-order valence-electron chi connectivity index (χ0n) is 7.78. The lowest BCUT2D eigenvalue weighted by Gasteiger charge is -2.30. The van der Waals surface area contributed by atoms with Crippen LogP contribution in [0, 0.1) is 5.41 Å². The molecule has 0 radical (unpaired) electrons. The van der Waals surface area contributed by atoms with Gasteiger partial charge in [-0.2, -0.15) is 0 Å². The summed E-state index contributed by atoms with van der Waals surface area (Å²) in [5.74, 6) is 0. The van der Waals surface area contributed by atoms with Crippen LogP contribution in [-0.4, -0.2) is 26.7 Å². The van der Waals surface area contributed by atoms with E-state index in [1.54, 1.807) is 0 Å². The predicted octanol–water partition coefficient (Wildman–Crippen LogP) is 0.840. The Hall–Kier alpha value is -0.0800. The first-order valence-corrected chi connectivity index (χ1v) is 3.84. The molecule has 2 N–H and O–H groups in total. The average molecular weight is 144 g/mol. The van der Waals surface area contributed by atoms with Crippen LogP contribution in [0.1, 0.15) is 20.8 Å². The second-order valence-corrected chi connectivity index (χ2v) is 3.76. The molecule has 0 aliphatic rings. The predicted molar refractivity (Wildman–Crippen MR) is 46.2 cm³/mol. The van der Waals surface area contributed by atoms with Gasteiger partial charge in [0.05, 0.1) is 0 Å². The summed E-state index contributed by atoms with van der Waals surface area (Å²) < 4.78 is 0. The quantitative estimate of drug-likeness (QED) is 0.613. The third-order valence-electron chi connectivity index (χ3n) is 1.80. The van der Waals surface area contributed by atoms with Gasteiger partial charge in [-0.25, -0.2) is 0 Å². The van der Waals surface area contributed by atoms with Gasteiger partial charge in [0.2, 0.25) is 0 Å². The van der Waals surface area contributed by atoms with E-state index >= 15 is 0 Å². The minimum atomic E-state index is 0.345. The molecule has 0 bridgehead atoms. The lowest BCUT2D eigenvalue weighted by Crippen LogP contribution is -2.44. The molecule has 0 saturated heterocycles. The first-order valence-electron chi connectivity index (χ1n) is 3.84. The smallest absolute Gasteiger partial charge is 0.0237 e. The van der Waals surface area contributed by atoms with E-state index in [4.69, 9.17) is 0 Å². The van der Waals surface area contributed by atoms with E-state index in [2.05, 4.69) is 31.4 Å². The Morgan fingerprint density at radius 1 is 1.20 bits per heavy atom. The molecular weight excluding hydrogens is 124 g/mol. The molecule has 1 unspecified atom stereocenters. The molecule has 2 nitrogen and oxygen atoms in total. The van der Waals surface area contributed by atoms with Crippen molar-refractivity contribution in [1.29, 1.82) is 0 Å². The van der Waals surface area contributed by atoms with Gasteiger partial charge in [-0.05, 0) is 19.5 Å². The Balaban J connectivity index is 3.81. The molecule has 0 amide bonds. The Morgan fingerprint density at radius 2 is 1.70 bits per heavy atom. The van der Waals surface area contributed by atoms with Crippen molar-refractivity contribution >= 4 is 0 Å². The first kappa shape index (κ1) is 9.92. The highest BCUT2D eigenvalue weighted by Gasteiger charge is 2.21. The Morgan fingerprint density at radius 3 is 1.80 bits per heavy atom. The molecule has 1 atom stereocenters. The van der Waals surface area contributed by atoms with Crippen molar-refractivity contribution in [3.63, 3.8) is 0 Å². The number of nitrogens with one attached hydrogen (secondary N) is 2. The molecule has 2 heteroatoms. The van der Waals surface area contributed by atoms with E-state index in [0.29, 0.717) is 11.5 Å². The third kappa shape index (κ3) is 3.18. The lowest BCUT2D eigenvalue weighted by atomic mass is 9.87. The van der Waals surface area contributed by atoms with Gasteiger partial charge in [0.1, 0.15) is 0 Å². The topological polar surface area (TPSA) is 24.1 Å². The summed E-state index contributed by atoms with van der Waals surface area (Å²) >= 11 is 0. The maximum atomic E-state index is 3.28. The molecule has 0 fully saturated rings. The van der Waals surface area contributed by atoms with Gasteiger partial charge >= 0.3 is 0 Å². The van der Waals surface area contributed by atoms with Crippen molar-refractivity contribution in [2.24, 2.45) is 5.41 Å². The van der Waals surface area contributed by atoms with Crippen molar-refractivity contribution in [2.45, 2.75) is 26.8 Å². The fourth-order valence-electron chi connectivity index (χ4n) is 1.05. The second-order valence-electron chi connectivity index (χ2n) is 3.76. The molecule has 0 rings (SSSR count). The van der Waals surface area contributed by atoms with Crippen molar-refractivity contribution in [3.8, 4) is 0 Å². The average Bonchev–Trinajstić information content (AvgIpc) is 1.80. The summed E-state index contributed by atoms with van der Waals surface area (Å²) in [4.78, 5) is 0. The van der Waals surface area contributed by atoms with Gasteiger partial charge in [0.25, 0.3) is 0 Å². The van der Waals surface area contributed by atoms with Crippen LogP contribution in [0.5, 0.6) is 0 Å². The van der Waals surface area contributed by atoms with Crippen LogP contribution >= 0.6 is 0 Å². The van der Waals surface area contributed by atoms with Crippen LogP contribution in [0.15, 0.2) is 0 Å². The SMILES string of the molecule is CNCC(NC)C(C)(C)C. The maximum Gasteiger partial charge on any atom is 0.0237 e. The van der Waals surface area contributed by atoms with E-state index in [9.17, 15) is 0 Å². The fraction of sp³-hybridized carbons (Fsp3) is 1.00. The van der Waals surface area contributed by atoms with Gasteiger partial charge in [0.15, 0.2) is 0 Å². The van der Waals surface area contributed by atoms with Crippen LogP contribution in [0.2, 0.25) is 0 Å². The molecule has 0 aliphatic carbocycles. The number of hydrogen-bond acceptors (Lipinski definition) is 2. The van der Waals surface area contributed by atoms with Gasteiger partial charge < -0.3 is 10.6 Å². The zero-order chi connectivity index (χ0) is 8.20. The molecule has 0 aromatic rings. The summed E-state index contributed by atoms with van der Waals surface area (Å²) in [5, 5.41) is 6.44. The molecule has 0 aromatic heterocycles. The number of likely N-dealkylation sites (N-methyl/N-ethyl adjacent to an activating group) is 2. The van der Waals surface area contributed by atoms with Crippen molar-refractivity contribution in [1.82, 2.24) is 10.6 Å². The largest absolute Gasteiger partial charge is 0.318 e. The van der Waals surface area contributed by atoms with E-state index in [1.165, 1.54) is 0 Å². The van der Waals surface area contributed by atoms with Crippen LogP contribution in [0.25, 0.3) is 0 Å². The van der Waals surface area contributed by atoms with Crippen LogP contribution in [0.4, 0.5) is 0 Å². The van der Waals surface area contributed by atoms with E-state index in [1.807, 2.05) is 14.1 Å². The first-order chi connectivity index (χ1) is 4.52.